The van der Waals surface area contributed by atoms with Crippen LogP contribution in [0.15, 0.2) is 42.7 Å². The summed E-state index contributed by atoms with van der Waals surface area (Å²) in [4.78, 5) is 33.0. The van der Waals surface area contributed by atoms with Gasteiger partial charge in [0.15, 0.2) is 0 Å². The van der Waals surface area contributed by atoms with Gasteiger partial charge in [0.2, 0.25) is 0 Å². The molecule has 0 spiro atoms. The second-order valence-electron chi connectivity index (χ2n) is 6.37. The standard InChI is InChI=1S/C19H21ClN4O2/c1-23-6-8-24(9-7-23)19(26)16-10-15(12-21-13-16)18(25)22-11-14-2-4-17(20)5-3-14/h2-5,10,12-13H,6-9,11H2,1H3,(H,22,25). The number of carbonyl (C=O) groups is 2. The van der Waals surface area contributed by atoms with Gasteiger partial charge in [-0.05, 0) is 30.8 Å². The maximum absolute atomic E-state index is 12.6. The lowest BCUT2D eigenvalue weighted by molar-refractivity contribution is 0.0663. The van der Waals surface area contributed by atoms with E-state index in [-0.39, 0.29) is 11.8 Å². The van der Waals surface area contributed by atoms with Gasteiger partial charge in [-0.15, -0.1) is 0 Å². The molecule has 0 aliphatic carbocycles. The third-order valence-electron chi connectivity index (χ3n) is 4.40. The second-order valence-corrected chi connectivity index (χ2v) is 6.80. The summed E-state index contributed by atoms with van der Waals surface area (Å²) in [6, 6.07) is 8.87. The van der Waals surface area contributed by atoms with Crippen molar-refractivity contribution < 1.29 is 9.59 Å². The van der Waals surface area contributed by atoms with Crippen LogP contribution in [-0.2, 0) is 6.54 Å². The van der Waals surface area contributed by atoms with Crippen molar-refractivity contribution in [2.75, 3.05) is 33.2 Å². The number of aromatic nitrogens is 1. The van der Waals surface area contributed by atoms with Crippen molar-refractivity contribution in [3.63, 3.8) is 0 Å². The van der Waals surface area contributed by atoms with Crippen molar-refractivity contribution in [3.05, 3.63) is 64.4 Å². The van der Waals surface area contributed by atoms with Gasteiger partial charge >= 0.3 is 0 Å². The van der Waals surface area contributed by atoms with E-state index in [1.54, 1.807) is 23.1 Å². The van der Waals surface area contributed by atoms with Crippen molar-refractivity contribution in [1.82, 2.24) is 20.1 Å². The number of rotatable bonds is 4. The first kappa shape index (κ1) is 18.4. The summed E-state index contributed by atoms with van der Waals surface area (Å²) in [6.45, 7) is 3.44. The summed E-state index contributed by atoms with van der Waals surface area (Å²) in [6.07, 6.45) is 2.98. The van der Waals surface area contributed by atoms with Crippen molar-refractivity contribution in [2.45, 2.75) is 6.54 Å². The number of nitrogens with zero attached hydrogens (tertiary/aromatic N) is 3. The van der Waals surface area contributed by atoms with Crippen LogP contribution in [0.4, 0.5) is 0 Å². The van der Waals surface area contributed by atoms with E-state index in [1.165, 1.54) is 12.4 Å². The lowest BCUT2D eigenvalue weighted by Crippen LogP contribution is -2.47. The molecule has 1 saturated heterocycles. The summed E-state index contributed by atoms with van der Waals surface area (Å²) in [5.41, 5.74) is 1.76. The van der Waals surface area contributed by atoms with Crippen LogP contribution in [-0.4, -0.2) is 59.8 Å². The number of hydrogen-bond donors (Lipinski definition) is 1. The van der Waals surface area contributed by atoms with Gasteiger partial charge in [0.1, 0.15) is 0 Å². The van der Waals surface area contributed by atoms with Crippen LogP contribution in [0.1, 0.15) is 26.3 Å². The third kappa shape index (κ3) is 4.59. The largest absolute Gasteiger partial charge is 0.348 e. The summed E-state index contributed by atoms with van der Waals surface area (Å²) in [5.74, 6) is -0.349. The molecule has 26 heavy (non-hydrogen) atoms. The molecule has 7 heteroatoms. The maximum Gasteiger partial charge on any atom is 0.255 e. The summed E-state index contributed by atoms with van der Waals surface area (Å²) in [5, 5.41) is 3.48. The molecule has 1 N–H and O–H groups in total. The van der Waals surface area contributed by atoms with Crippen LogP contribution in [0, 0.1) is 0 Å². The number of nitrogens with one attached hydrogen (secondary N) is 1. The number of likely N-dealkylation sites (N-methyl/N-ethyl adjacent to an activating group) is 1. The highest BCUT2D eigenvalue weighted by atomic mass is 35.5. The van der Waals surface area contributed by atoms with E-state index in [0.717, 1.165) is 18.7 Å². The molecule has 136 valence electrons. The zero-order valence-corrected chi connectivity index (χ0v) is 15.4. The van der Waals surface area contributed by atoms with Crippen LogP contribution < -0.4 is 5.32 Å². The Morgan fingerprint density at radius 1 is 1.08 bits per heavy atom. The van der Waals surface area contributed by atoms with Gasteiger partial charge < -0.3 is 15.1 Å². The summed E-state index contributed by atoms with van der Waals surface area (Å²) >= 11 is 5.86. The Morgan fingerprint density at radius 3 is 2.42 bits per heavy atom. The third-order valence-corrected chi connectivity index (χ3v) is 4.66. The highest BCUT2D eigenvalue weighted by Gasteiger charge is 2.21. The summed E-state index contributed by atoms with van der Waals surface area (Å²) in [7, 11) is 2.04. The molecule has 1 aromatic carbocycles. The van der Waals surface area contributed by atoms with Crippen LogP contribution in [0.3, 0.4) is 0 Å². The first-order valence-corrected chi connectivity index (χ1v) is 8.86. The molecule has 0 bridgehead atoms. The lowest BCUT2D eigenvalue weighted by Gasteiger charge is -2.32. The first-order valence-electron chi connectivity index (χ1n) is 8.48. The molecular weight excluding hydrogens is 352 g/mol. The normalized spacial score (nSPS) is 14.9. The number of hydrogen-bond acceptors (Lipinski definition) is 4. The molecule has 2 amide bonds. The Kier molecular flexibility index (Phi) is 5.85. The quantitative estimate of drug-likeness (QED) is 0.892. The Morgan fingerprint density at radius 2 is 1.73 bits per heavy atom. The minimum absolute atomic E-state index is 0.0852. The van der Waals surface area contributed by atoms with Crippen molar-refractivity contribution >= 4 is 23.4 Å². The molecule has 2 aromatic rings. The van der Waals surface area contributed by atoms with E-state index in [4.69, 9.17) is 11.6 Å². The zero-order valence-electron chi connectivity index (χ0n) is 14.6. The second kappa shape index (κ2) is 8.29. The molecular formula is C19H21ClN4O2. The fourth-order valence-corrected chi connectivity index (χ4v) is 2.89. The maximum atomic E-state index is 12.6. The number of amides is 2. The number of halogens is 1. The molecule has 1 aromatic heterocycles. The highest BCUT2D eigenvalue weighted by Crippen LogP contribution is 2.11. The van der Waals surface area contributed by atoms with E-state index in [9.17, 15) is 9.59 Å². The van der Waals surface area contributed by atoms with Crippen LogP contribution in [0.2, 0.25) is 5.02 Å². The van der Waals surface area contributed by atoms with Gasteiger partial charge in [0, 0.05) is 50.1 Å². The average Bonchev–Trinajstić information content (AvgIpc) is 2.67. The molecule has 1 aliphatic rings. The molecule has 0 saturated carbocycles. The predicted octanol–water partition coefficient (Wildman–Crippen LogP) is 2.05. The van der Waals surface area contributed by atoms with Gasteiger partial charge in [0.05, 0.1) is 11.1 Å². The smallest absolute Gasteiger partial charge is 0.255 e. The molecule has 0 radical (unpaired) electrons. The van der Waals surface area contributed by atoms with Gasteiger partial charge in [-0.2, -0.15) is 0 Å². The Balaban J connectivity index is 1.63. The SMILES string of the molecule is CN1CCN(C(=O)c2cncc(C(=O)NCc3ccc(Cl)cc3)c2)CC1. The Bertz CT molecular complexity index is 786. The molecule has 1 aliphatic heterocycles. The van der Waals surface area contributed by atoms with E-state index >= 15 is 0 Å². The average molecular weight is 373 g/mol. The fourth-order valence-electron chi connectivity index (χ4n) is 2.76. The predicted molar refractivity (Wildman–Crippen MR) is 100 cm³/mol. The monoisotopic (exact) mass is 372 g/mol. The number of piperazine rings is 1. The van der Waals surface area contributed by atoms with Gasteiger partial charge in [-0.1, -0.05) is 23.7 Å². The number of benzene rings is 1. The van der Waals surface area contributed by atoms with Gasteiger partial charge in [0.25, 0.3) is 11.8 Å². The molecule has 1 fully saturated rings. The van der Waals surface area contributed by atoms with E-state index in [1.807, 2.05) is 19.2 Å². The minimum atomic E-state index is -0.263. The van der Waals surface area contributed by atoms with Crippen LogP contribution >= 0.6 is 11.6 Å². The number of carbonyl (C=O) groups excluding carboxylic acids is 2. The lowest BCUT2D eigenvalue weighted by atomic mass is 10.1. The van der Waals surface area contributed by atoms with Crippen molar-refractivity contribution in [2.24, 2.45) is 0 Å². The Labute approximate surface area is 157 Å². The molecule has 0 unspecified atom stereocenters. The van der Waals surface area contributed by atoms with E-state index in [2.05, 4.69) is 15.2 Å². The molecule has 3 rings (SSSR count). The molecule has 6 nitrogen and oxygen atoms in total. The van der Waals surface area contributed by atoms with E-state index in [0.29, 0.717) is 35.8 Å². The van der Waals surface area contributed by atoms with E-state index < -0.39 is 0 Å². The minimum Gasteiger partial charge on any atom is -0.348 e. The summed E-state index contributed by atoms with van der Waals surface area (Å²) < 4.78 is 0. The molecule has 2 heterocycles. The van der Waals surface area contributed by atoms with Crippen molar-refractivity contribution in [3.8, 4) is 0 Å². The topological polar surface area (TPSA) is 65.5 Å². The van der Waals surface area contributed by atoms with Gasteiger partial charge in [-0.3, -0.25) is 14.6 Å². The Hall–Kier alpha value is -2.44. The van der Waals surface area contributed by atoms with Crippen LogP contribution in [0.25, 0.3) is 0 Å². The first-order chi connectivity index (χ1) is 12.5. The zero-order chi connectivity index (χ0) is 18.5. The highest BCUT2D eigenvalue weighted by molar-refractivity contribution is 6.30. The van der Waals surface area contributed by atoms with Crippen molar-refractivity contribution in [1.29, 1.82) is 0 Å². The van der Waals surface area contributed by atoms with Gasteiger partial charge in [-0.25, -0.2) is 0 Å². The van der Waals surface area contributed by atoms with Crippen LogP contribution in [0.5, 0.6) is 0 Å². The number of pyridine rings is 1. The molecule has 0 atom stereocenters. The fraction of sp³-hybridized carbons (Fsp3) is 0.316.